The van der Waals surface area contributed by atoms with E-state index < -0.39 is 0 Å². The van der Waals surface area contributed by atoms with Gasteiger partial charge >= 0.3 is 0 Å². The highest BCUT2D eigenvalue weighted by Gasteiger charge is 2.26. The van der Waals surface area contributed by atoms with E-state index in [1.54, 1.807) is 0 Å². The maximum Gasteiger partial charge on any atom is 0.0360 e. The van der Waals surface area contributed by atoms with Gasteiger partial charge in [-0.05, 0) is 57.6 Å². The number of rotatable bonds is 5. The molecule has 2 heterocycles. The van der Waals surface area contributed by atoms with Crippen molar-refractivity contribution in [3.63, 3.8) is 0 Å². The van der Waals surface area contributed by atoms with Crippen molar-refractivity contribution in [1.82, 2.24) is 14.8 Å². The molecular weight excluding hydrogens is 234 g/mol. The van der Waals surface area contributed by atoms with Crippen LogP contribution < -0.4 is 0 Å². The van der Waals surface area contributed by atoms with Gasteiger partial charge in [0.1, 0.15) is 0 Å². The molecule has 19 heavy (non-hydrogen) atoms. The molecule has 1 aromatic heterocycles. The average Bonchev–Trinajstić information content (AvgIpc) is 2.49. The SMILES string of the molecule is CC[C@H](c1cccnc1)N(C)C1CCN(CC)CC1. The normalized spacial score (nSPS) is 19.8. The quantitative estimate of drug-likeness (QED) is 0.812. The summed E-state index contributed by atoms with van der Waals surface area (Å²) in [6, 6.07) is 5.48. The predicted octanol–water partition coefficient (Wildman–Crippen LogP) is 2.95. The second-order valence-electron chi connectivity index (χ2n) is 5.54. The molecule has 0 aliphatic carbocycles. The van der Waals surface area contributed by atoms with E-state index in [-0.39, 0.29) is 0 Å². The van der Waals surface area contributed by atoms with Crippen molar-refractivity contribution in [2.45, 2.75) is 45.2 Å². The van der Waals surface area contributed by atoms with Crippen molar-refractivity contribution >= 4 is 0 Å². The van der Waals surface area contributed by atoms with E-state index in [0.29, 0.717) is 12.1 Å². The van der Waals surface area contributed by atoms with E-state index in [1.807, 2.05) is 18.5 Å². The Morgan fingerprint density at radius 1 is 1.37 bits per heavy atom. The standard InChI is InChI=1S/C16H27N3/c1-4-16(14-7-6-10-17-13-14)18(3)15-8-11-19(5-2)12-9-15/h6-7,10,13,15-16H,4-5,8-9,11-12H2,1-3H3/t16-/m1/s1. The molecule has 2 rings (SSSR count). The third-order valence-corrected chi connectivity index (χ3v) is 4.53. The molecular formula is C16H27N3. The number of aromatic nitrogens is 1. The first kappa shape index (κ1) is 14.5. The number of piperidine rings is 1. The van der Waals surface area contributed by atoms with E-state index in [2.05, 4.69) is 41.7 Å². The molecule has 0 aromatic carbocycles. The summed E-state index contributed by atoms with van der Waals surface area (Å²) in [6.07, 6.45) is 7.61. The van der Waals surface area contributed by atoms with Gasteiger partial charge in [0.15, 0.2) is 0 Å². The van der Waals surface area contributed by atoms with Crippen molar-refractivity contribution in [2.24, 2.45) is 0 Å². The molecule has 1 fully saturated rings. The Morgan fingerprint density at radius 2 is 2.11 bits per heavy atom. The summed E-state index contributed by atoms with van der Waals surface area (Å²) in [5.74, 6) is 0. The second kappa shape index (κ2) is 7.01. The number of pyridine rings is 1. The van der Waals surface area contributed by atoms with Crippen LogP contribution >= 0.6 is 0 Å². The van der Waals surface area contributed by atoms with Crippen LogP contribution in [-0.4, -0.2) is 47.5 Å². The highest BCUT2D eigenvalue weighted by atomic mass is 15.2. The summed E-state index contributed by atoms with van der Waals surface area (Å²) in [6.45, 7) is 8.21. The highest BCUT2D eigenvalue weighted by molar-refractivity contribution is 5.14. The molecule has 1 aliphatic heterocycles. The van der Waals surface area contributed by atoms with Crippen molar-refractivity contribution in [1.29, 1.82) is 0 Å². The first-order valence-electron chi connectivity index (χ1n) is 7.60. The van der Waals surface area contributed by atoms with Crippen molar-refractivity contribution in [3.8, 4) is 0 Å². The van der Waals surface area contributed by atoms with Gasteiger partial charge < -0.3 is 4.90 Å². The van der Waals surface area contributed by atoms with E-state index >= 15 is 0 Å². The lowest BCUT2D eigenvalue weighted by Gasteiger charge is -2.40. The number of hydrogen-bond acceptors (Lipinski definition) is 3. The van der Waals surface area contributed by atoms with Crippen LogP contribution in [0, 0.1) is 0 Å². The van der Waals surface area contributed by atoms with Gasteiger partial charge in [-0.15, -0.1) is 0 Å². The van der Waals surface area contributed by atoms with Crippen LogP contribution in [0.25, 0.3) is 0 Å². The third-order valence-electron chi connectivity index (χ3n) is 4.53. The van der Waals surface area contributed by atoms with E-state index in [1.165, 1.54) is 38.0 Å². The van der Waals surface area contributed by atoms with Crippen LogP contribution in [0.3, 0.4) is 0 Å². The van der Waals surface area contributed by atoms with E-state index in [0.717, 1.165) is 6.42 Å². The number of nitrogens with zero attached hydrogens (tertiary/aromatic N) is 3. The monoisotopic (exact) mass is 261 g/mol. The zero-order valence-corrected chi connectivity index (χ0v) is 12.5. The van der Waals surface area contributed by atoms with Crippen molar-refractivity contribution in [2.75, 3.05) is 26.7 Å². The zero-order chi connectivity index (χ0) is 13.7. The molecule has 106 valence electrons. The summed E-state index contributed by atoms with van der Waals surface area (Å²) >= 11 is 0. The van der Waals surface area contributed by atoms with Gasteiger partial charge in [-0.25, -0.2) is 0 Å². The maximum absolute atomic E-state index is 4.27. The Kier molecular flexibility index (Phi) is 5.34. The van der Waals surface area contributed by atoms with E-state index in [9.17, 15) is 0 Å². The van der Waals surface area contributed by atoms with Crippen LogP contribution in [0.4, 0.5) is 0 Å². The summed E-state index contributed by atoms with van der Waals surface area (Å²) < 4.78 is 0. The molecule has 1 atom stereocenters. The van der Waals surface area contributed by atoms with Crippen LogP contribution in [0.5, 0.6) is 0 Å². The minimum atomic E-state index is 0.506. The largest absolute Gasteiger partial charge is 0.303 e. The van der Waals surface area contributed by atoms with Gasteiger partial charge in [0.2, 0.25) is 0 Å². The molecule has 0 radical (unpaired) electrons. The Balaban J connectivity index is 1.99. The molecule has 0 amide bonds. The summed E-state index contributed by atoms with van der Waals surface area (Å²) in [5, 5.41) is 0. The van der Waals surface area contributed by atoms with Crippen LogP contribution in [0.15, 0.2) is 24.5 Å². The smallest absolute Gasteiger partial charge is 0.0360 e. The zero-order valence-electron chi connectivity index (χ0n) is 12.5. The minimum Gasteiger partial charge on any atom is -0.303 e. The molecule has 3 heteroatoms. The maximum atomic E-state index is 4.27. The van der Waals surface area contributed by atoms with Gasteiger partial charge in [0.25, 0.3) is 0 Å². The molecule has 0 bridgehead atoms. The Labute approximate surface area is 117 Å². The Hall–Kier alpha value is -0.930. The van der Waals surface area contributed by atoms with Gasteiger partial charge in [0, 0.05) is 24.5 Å². The molecule has 3 nitrogen and oxygen atoms in total. The van der Waals surface area contributed by atoms with Crippen LogP contribution in [0.1, 0.15) is 44.7 Å². The Bertz CT molecular complexity index is 358. The lowest BCUT2D eigenvalue weighted by atomic mass is 9.98. The van der Waals surface area contributed by atoms with Crippen LogP contribution in [-0.2, 0) is 0 Å². The summed E-state index contributed by atoms with van der Waals surface area (Å²) in [7, 11) is 2.29. The molecule has 1 aliphatic rings. The second-order valence-corrected chi connectivity index (χ2v) is 5.54. The fraction of sp³-hybridized carbons (Fsp3) is 0.688. The topological polar surface area (TPSA) is 19.4 Å². The summed E-state index contributed by atoms with van der Waals surface area (Å²) in [5.41, 5.74) is 1.35. The lowest BCUT2D eigenvalue weighted by molar-refractivity contribution is 0.0962. The minimum absolute atomic E-state index is 0.506. The van der Waals surface area contributed by atoms with Crippen LogP contribution in [0.2, 0.25) is 0 Å². The van der Waals surface area contributed by atoms with Gasteiger partial charge in [-0.3, -0.25) is 9.88 Å². The van der Waals surface area contributed by atoms with Gasteiger partial charge in [-0.1, -0.05) is 19.9 Å². The fourth-order valence-electron chi connectivity index (χ4n) is 3.23. The molecule has 1 aromatic rings. The summed E-state index contributed by atoms with van der Waals surface area (Å²) in [4.78, 5) is 9.40. The number of hydrogen-bond donors (Lipinski definition) is 0. The van der Waals surface area contributed by atoms with Gasteiger partial charge in [0.05, 0.1) is 0 Å². The molecule has 1 saturated heterocycles. The predicted molar refractivity (Wildman–Crippen MR) is 80.2 cm³/mol. The first-order valence-corrected chi connectivity index (χ1v) is 7.60. The van der Waals surface area contributed by atoms with E-state index in [4.69, 9.17) is 0 Å². The third kappa shape index (κ3) is 3.54. The molecule has 0 saturated carbocycles. The Morgan fingerprint density at radius 3 is 2.63 bits per heavy atom. The molecule has 0 spiro atoms. The fourth-order valence-corrected chi connectivity index (χ4v) is 3.23. The van der Waals surface area contributed by atoms with Gasteiger partial charge in [-0.2, -0.15) is 0 Å². The molecule has 0 unspecified atom stereocenters. The van der Waals surface area contributed by atoms with Crippen molar-refractivity contribution in [3.05, 3.63) is 30.1 Å². The lowest BCUT2D eigenvalue weighted by Crippen LogP contribution is -2.44. The average molecular weight is 261 g/mol. The first-order chi connectivity index (χ1) is 9.26. The number of likely N-dealkylation sites (tertiary alicyclic amines) is 1. The van der Waals surface area contributed by atoms with Crippen molar-refractivity contribution < 1.29 is 0 Å². The molecule has 0 N–H and O–H groups in total. The highest BCUT2D eigenvalue weighted by Crippen LogP contribution is 2.27.